The van der Waals surface area contributed by atoms with Gasteiger partial charge in [0.25, 0.3) is 0 Å². The van der Waals surface area contributed by atoms with Gasteiger partial charge in [0.2, 0.25) is 0 Å². The monoisotopic (exact) mass is 408 g/mol. The van der Waals surface area contributed by atoms with Crippen LogP contribution in [0.1, 0.15) is 40.7 Å². The van der Waals surface area contributed by atoms with E-state index >= 15 is 0 Å². The molecule has 1 unspecified atom stereocenters. The number of aromatic nitrogens is 5. The minimum atomic E-state index is -0.323. The highest BCUT2D eigenvalue weighted by atomic mass is 32.1. The number of rotatable bonds is 6. The van der Waals surface area contributed by atoms with Crippen molar-refractivity contribution < 1.29 is 9.53 Å². The van der Waals surface area contributed by atoms with Crippen molar-refractivity contribution in [2.24, 2.45) is 0 Å². The molecule has 29 heavy (non-hydrogen) atoms. The summed E-state index contributed by atoms with van der Waals surface area (Å²) in [5.41, 5.74) is 2.87. The Morgan fingerprint density at radius 3 is 2.76 bits per heavy atom. The van der Waals surface area contributed by atoms with Crippen LogP contribution in [0.5, 0.6) is 0 Å². The third-order valence-corrected chi connectivity index (χ3v) is 5.80. The van der Waals surface area contributed by atoms with Crippen molar-refractivity contribution in [2.75, 3.05) is 11.9 Å². The highest BCUT2D eigenvalue weighted by molar-refractivity contribution is 7.20. The van der Waals surface area contributed by atoms with Crippen LogP contribution in [-0.4, -0.2) is 37.5 Å². The number of nitrogens with one attached hydrogen (secondary N) is 1. The highest BCUT2D eigenvalue weighted by Gasteiger charge is 2.21. The van der Waals surface area contributed by atoms with Crippen molar-refractivity contribution in [1.82, 2.24) is 25.0 Å². The van der Waals surface area contributed by atoms with Crippen molar-refractivity contribution in [1.29, 1.82) is 0 Å². The van der Waals surface area contributed by atoms with Gasteiger partial charge in [-0.05, 0) is 44.0 Å². The van der Waals surface area contributed by atoms with E-state index in [4.69, 9.17) is 4.74 Å². The zero-order valence-corrected chi connectivity index (χ0v) is 17.1. The topological polar surface area (TPSA) is 94.8 Å². The van der Waals surface area contributed by atoms with Gasteiger partial charge in [-0.3, -0.25) is 0 Å². The van der Waals surface area contributed by atoms with E-state index in [-0.39, 0.29) is 12.0 Å². The fourth-order valence-electron chi connectivity index (χ4n) is 3.12. The second-order valence-electron chi connectivity index (χ2n) is 6.48. The number of hydrogen-bond donors (Lipinski definition) is 1. The first-order valence-corrected chi connectivity index (χ1v) is 10.0. The van der Waals surface area contributed by atoms with Gasteiger partial charge < -0.3 is 10.1 Å². The van der Waals surface area contributed by atoms with Crippen LogP contribution in [-0.2, 0) is 4.74 Å². The van der Waals surface area contributed by atoms with Crippen LogP contribution in [0.3, 0.4) is 0 Å². The predicted molar refractivity (Wildman–Crippen MR) is 112 cm³/mol. The van der Waals surface area contributed by atoms with Crippen LogP contribution in [0.25, 0.3) is 15.9 Å². The van der Waals surface area contributed by atoms with Crippen molar-refractivity contribution in [3.05, 3.63) is 59.0 Å². The summed E-state index contributed by atoms with van der Waals surface area (Å²) in [5.74, 6) is 0.378. The molecular formula is C20H20N6O2S. The summed E-state index contributed by atoms with van der Waals surface area (Å²) < 4.78 is 6.87. The fraction of sp³-hybridized carbons (Fsp3) is 0.250. The lowest BCUT2D eigenvalue weighted by atomic mass is 10.1. The van der Waals surface area contributed by atoms with Gasteiger partial charge in [-0.15, -0.1) is 16.4 Å². The Kier molecular flexibility index (Phi) is 5.22. The number of thiophene rings is 1. The lowest BCUT2D eigenvalue weighted by Crippen LogP contribution is -2.09. The zero-order valence-electron chi connectivity index (χ0n) is 16.3. The van der Waals surface area contributed by atoms with Gasteiger partial charge in [0, 0.05) is 6.04 Å². The molecule has 0 saturated heterocycles. The number of fused-ring (bicyclic) bond motifs is 1. The first-order chi connectivity index (χ1) is 14.1. The number of aryl methyl sites for hydroxylation is 1. The van der Waals surface area contributed by atoms with Crippen LogP contribution >= 0.6 is 11.3 Å². The molecule has 0 aliphatic rings. The number of anilines is 1. The smallest absolute Gasteiger partial charge is 0.348 e. The Labute approximate surface area is 171 Å². The predicted octanol–water partition coefficient (Wildman–Crippen LogP) is 3.93. The van der Waals surface area contributed by atoms with Gasteiger partial charge in [0.1, 0.15) is 21.9 Å². The summed E-state index contributed by atoms with van der Waals surface area (Å²) in [5, 5.41) is 12.1. The Bertz CT molecular complexity index is 1140. The minimum absolute atomic E-state index is 0.00300. The van der Waals surface area contributed by atoms with Crippen LogP contribution in [0.4, 0.5) is 5.82 Å². The standard InChI is InChI=1S/C20H20N6O2S/c1-4-28-20(27)17-12(2)16-18(21-11-22-19(16)29-17)24-13(3)14-5-7-15(8-6-14)26-10-9-23-25-26/h5-11,13H,4H2,1-3H3,(H,21,22,24). The normalized spacial score (nSPS) is 12.1. The van der Waals surface area contributed by atoms with Gasteiger partial charge in [0.05, 0.1) is 30.1 Å². The Balaban J connectivity index is 1.61. The average molecular weight is 408 g/mol. The third kappa shape index (κ3) is 3.68. The maximum atomic E-state index is 12.2. The van der Waals surface area contributed by atoms with E-state index in [1.807, 2.05) is 31.2 Å². The van der Waals surface area contributed by atoms with Crippen molar-refractivity contribution in [2.45, 2.75) is 26.8 Å². The molecule has 1 N–H and O–H groups in total. The van der Waals surface area contributed by atoms with E-state index in [1.54, 1.807) is 24.0 Å². The lowest BCUT2D eigenvalue weighted by Gasteiger charge is -2.16. The first-order valence-electron chi connectivity index (χ1n) is 9.23. The summed E-state index contributed by atoms with van der Waals surface area (Å²) in [6, 6.07) is 8.07. The molecule has 0 spiro atoms. The molecule has 0 aliphatic carbocycles. The largest absolute Gasteiger partial charge is 0.462 e. The molecule has 3 heterocycles. The Morgan fingerprint density at radius 1 is 1.28 bits per heavy atom. The molecule has 3 aromatic heterocycles. The quantitative estimate of drug-likeness (QED) is 0.483. The summed E-state index contributed by atoms with van der Waals surface area (Å²) in [4.78, 5) is 22.3. The maximum Gasteiger partial charge on any atom is 0.348 e. The molecule has 0 saturated carbocycles. The van der Waals surface area contributed by atoms with Gasteiger partial charge >= 0.3 is 5.97 Å². The summed E-state index contributed by atoms with van der Waals surface area (Å²) >= 11 is 1.33. The summed E-state index contributed by atoms with van der Waals surface area (Å²) in [6.45, 7) is 6.09. The molecule has 8 nitrogen and oxygen atoms in total. The number of carbonyl (C=O) groups is 1. The Morgan fingerprint density at radius 2 is 2.07 bits per heavy atom. The van der Waals surface area contributed by atoms with Gasteiger partial charge in [-0.1, -0.05) is 17.3 Å². The van der Waals surface area contributed by atoms with Crippen LogP contribution in [0.15, 0.2) is 43.0 Å². The highest BCUT2D eigenvalue weighted by Crippen LogP contribution is 2.35. The molecule has 1 atom stereocenters. The molecule has 4 rings (SSSR count). The van der Waals surface area contributed by atoms with Gasteiger partial charge in [0.15, 0.2) is 0 Å². The van der Waals surface area contributed by atoms with E-state index in [2.05, 4.69) is 32.5 Å². The lowest BCUT2D eigenvalue weighted by molar-refractivity contribution is 0.0531. The molecule has 0 aliphatic heterocycles. The van der Waals surface area contributed by atoms with E-state index in [9.17, 15) is 4.79 Å². The minimum Gasteiger partial charge on any atom is -0.462 e. The maximum absolute atomic E-state index is 12.2. The van der Waals surface area contributed by atoms with Crippen LogP contribution in [0.2, 0.25) is 0 Å². The summed E-state index contributed by atoms with van der Waals surface area (Å²) in [7, 11) is 0. The number of benzene rings is 1. The van der Waals surface area contributed by atoms with Crippen molar-refractivity contribution in [3.8, 4) is 5.69 Å². The second-order valence-corrected chi connectivity index (χ2v) is 7.48. The molecule has 0 fully saturated rings. The number of carbonyl (C=O) groups excluding carboxylic acids is 1. The number of esters is 1. The summed E-state index contributed by atoms with van der Waals surface area (Å²) in [6.07, 6.45) is 4.96. The SMILES string of the molecule is CCOC(=O)c1sc2ncnc(NC(C)c3ccc(-n4ccnn4)cc3)c2c1C. The van der Waals surface area contributed by atoms with Crippen molar-refractivity contribution >= 4 is 33.3 Å². The third-order valence-electron chi connectivity index (χ3n) is 4.62. The molecule has 148 valence electrons. The molecule has 9 heteroatoms. The number of hydrogen-bond acceptors (Lipinski definition) is 8. The van der Waals surface area contributed by atoms with E-state index in [1.165, 1.54) is 17.7 Å². The van der Waals surface area contributed by atoms with Crippen LogP contribution < -0.4 is 5.32 Å². The Hall–Kier alpha value is -3.33. The van der Waals surface area contributed by atoms with Gasteiger partial charge in [-0.25, -0.2) is 19.4 Å². The number of nitrogens with zero attached hydrogens (tertiary/aromatic N) is 5. The molecular weight excluding hydrogens is 388 g/mol. The molecule has 4 aromatic rings. The van der Waals surface area contributed by atoms with Crippen LogP contribution in [0, 0.1) is 6.92 Å². The second kappa shape index (κ2) is 7.96. The fourth-order valence-corrected chi connectivity index (χ4v) is 4.16. The van der Waals surface area contributed by atoms with E-state index in [0.717, 1.165) is 27.0 Å². The van der Waals surface area contributed by atoms with Crippen molar-refractivity contribution in [3.63, 3.8) is 0 Å². The molecule has 0 radical (unpaired) electrons. The zero-order chi connectivity index (χ0) is 20.4. The molecule has 1 aromatic carbocycles. The van der Waals surface area contributed by atoms with E-state index in [0.29, 0.717) is 17.3 Å². The number of ether oxygens (including phenoxy) is 1. The first kappa shape index (κ1) is 19.0. The van der Waals surface area contributed by atoms with Gasteiger partial charge in [-0.2, -0.15) is 0 Å². The van der Waals surface area contributed by atoms with E-state index < -0.39 is 0 Å². The molecule has 0 bridgehead atoms. The molecule has 0 amide bonds. The average Bonchev–Trinajstić information content (AvgIpc) is 3.37.